The molecule has 0 saturated heterocycles. The van der Waals surface area contributed by atoms with Crippen LogP contribution in [-0.4, -0.2) is 23.1 Å². The number of benzene rings is 1. The maximum Gasteiger partial charge on any atom is 0.339 e. The van der Waals surface area contributed by atoms with E-state index in [9.17, 15) is 14.7 Å². The van der Waals surface area contributed by atoms with Gasteiger partial charge in [-0.25, -0.2) is 9.59 Å². The van der Waals surface area contributed by atoms with Crippen LogP contribution in [0.2, 0.25) is 0 Å². The average molecular weight is 304 g/mol. The van der Waals surface area contributed by atoms with E-state index in [-0.39, 0.29) is 23.1 Å². The van der Waals surface area contributed by atoms with Gasteiger partial charge in [0.15, 0.2) is 0 Å². The molecule has 0 aromatic heterocycles. The van der Waals surface area contributed by atoms with Crippen molar-refractivity contribution in [3.63, 3.8) is 0 Å². The number of carbonyl (C=O) groups excluding carboxylic acids is 1. The number of ether oxygens (including phenoxy) is 1. The second kappa shape index (κ2) is 6.95. The van der Waals surface area contributed by atoms with E-state index >= 15 is 0 Å². The third-order valence-corrected chi connectivity index (χ3v) is 4.25. The third-order valence-electron chi connectivity index (χ3n) is 4.25. The number of carboxylic acid groups (broad SMARTS) is 1. The summed E-state index contributed by atoms with van der Waals surface area (Å²) in [5, 5.41) is 9.68. The molecule has 1 N–H and O–H groups in total. The summed E-state index contributed by atoms with van der Waals surface area (Å²) in [5.74, 6) is -1.36. The first kappa shape index (κ1) is 16.5. The molecule has 0 unspecified atom stereocenters. The number of carbonyl (C=O) groups is 2. The van der Waals surface area contributed by atoms with E-state index < -0.39 is 11.9 Å². The first-order valence-corrected chi connectivity index (χ1v) is 7.99. The topological polar surface area (TPSA) is 63.6 Å². The lowest BCUT2D eigenvalue weighted by atomic mass is 9.79. The Balaban J connectivity index is 2.51. The zero-order valence-corrected chi connectivity index (χ0v) is 13.5. The van der Waals surface area contributed by atoms with Crippen molar-refractivity contribution in [2.75, 3.05) is 0 Å². The van der Waals surface area contributed by atoms with Gasteiger partial charge in [-0.05, 0) is 56.7 Å². The molecule has 0 aliphatic heterocycles. The highest BCUT2D eigenvalue weighted by Gasteiger charge is 2.28. The minimum atomic E-state index is -1.04. The van der Waals surface area contributed by atoms with Gasteiger partial charge in [0.25, 0.3) is 0 Å². The van der Waals surface area contributed by atoms with Gasteiger partial charge in [-0.3, -0.25) is 0 Å². The second-order valence-electron chi connectivity index (χ2n) is 6.31. The number of carboxylic acids is 1. The number of hydrogen-bond donors (Lipinski definition) is 1. The molecule has 4 nitrogen and oxygen atoms in total. The van der Waals surface area contributed by atoms with Crippen LogP contribution in [0.4, 0.5) is 0 Å². The summed E-state index contributed by atoms with van der Waals surface area (Å²) >= 11 is 0. The molecule has 1 fully saturated rings. The molecule has 0 atom stereocenters. The quantitative estimate of drug-likeness (QED) is 0.842. The van der Waals surface area contributed by atoms with Crippen molar-refractivity contribution >= 4 is 11.9 Å². The molecule has 1 aliphatic rings. The van der Waals surface area contributed by atoms with Crippen LogP contribution in [0, 0.1) is 6.92 Å². The van der Waals surface area contributed by atoms with E-state index in [2.05, 4.69) is 0 Å². The summed E-state index contributed by atoms with van der Waals surface area (Å²) in [5.41, 5.74) is 2.08. The largest absolute Gasteiger partial charge is 0.478 e. The Labute approximate surface area is 131 Å². The third kappa shape index (κ3) is 3.49. The zero-order valence-electron chi connectivity index (χ0n) is 13.5. The van der Waals surface area contributed by atoms with Gasteiger partial charge < -0.3 is 9.84 Å². The van der Waals surface area contributed by atoms with E-state index in [1.807, 2.05) is 13.0 Å². The highest BCUT2D eigenvalue weighted by atomic mass is 16.5. The molecule has 1 aromatic rings. The summed E-state index contributed by atoms with van der Waals surface area (Å²) in [6, 6.07) is 3.42. The van der Waals surface area contributed by atoms with E-state index in [4.69, 9.17) is 4.74 Å². The fraction of sp³-hybridized carbons (Fsp3) is 0.556. The fourth-order valence-corrected chi connectivity index (χ4v) is 3.32. The monoisotopic (exact) mass is 304 g/mol. The van der Waals surface area contributed by atoms with Crippen molar-refractivity contribution in [1.29, 1.82) is 0 Å². The molecule has 2 rings (SSSR count). The van der Waals surface area contributed by atoms with E-state index in [0.717, 1.165) is 36.8 Å². The molecule has 0 spiro atoms. The molecule has 0 radical (unpaired) electrons. The summed E-state index contributed by atoms with van der Waals surface area (Å²) in [6.07, 6.45) is 5.14. The van der Waals surface area contributed by atoms with Gasteiger partial charge in [-0.2, -0.15) is 0 Å². The van der Waals surface area contributed by atoms with Crippen molar-refractivity contribution < 1.29 is 19.4 Å². The number of hydrogen-bond acceptors (Lipinski definition) is 3. The van der Waals surface area contributed by atoms with Gasteiger partial charge in [0.2, 0.25) is 0 Å². The smallest absolute Gasteiger partial charge is 0.339 e. The van der Waals surface area contributed by atoms with Crippen LogP contribution >= 0.6 is 0 Å². The lowest BCUT2D eigenvalue weighted by molar-refractivity contribution is 0.0370. The van der Waals surface area contributed by atoms with Crippen LogP contribution in [0.15, 0.2) is 12.1 Å². The lowest BCUT2D eigenvalue weighted by Gasteiger charge is -2.26. The van der Waals surface area contributed by atoms with Gasteiger partial charge >= 0.3 is 11.9 Å². The molecule has 0 amide bonds. The lowest BCUT2D eigenvalue weighted by Crippen LogP contribution is -2.20. The van der Waals surface area contributed by atoms with Crippen molar-refractivity contribution in [2.24, 2.45) is 0 Å². The Morgan fingerprint density at radius 1 is 1.18 bits per heavy atom. The van der Waals surface area contributed by atoms with Gasteiger partial charge in [0.1, 0.15) is 0 Å². The fourth-order valence-electron chi connectivity index (χ4n) is 3.32. The van der Waals surface area contributed by atoms with Crippen LogP contribution in [0.1, 0.15) is 83.7 Å². The van der Waals surface area contributed by atoms with Crippen LogP contribution in [-0.2, 0) is 4.74 Å². The van der Waals surface area contributed by atoms with Gasteiger partial charge in [-0.1, -0.05) is 25.3 Å². The molecule has 120 valence electrons. The van der Waals surface area contributed by atoms with E-state index in [0.29, 0.717) is 0 Å². The number of aryl methyl sites for hydroxylation is 1. The molecular formula is C18H24O4. The van der Waals surface area contributed by atoms with Crippen LogP contribution in [0.25, 0.3) is 0 Å². The van der Waals surface area contributed by atoms with Crippen molar-refractivity contribution in [2.45, 2.75) is 64.9 Å². The molecule has 1 aliphatic carbocycles. The van der Waals surface area contributed by atoms with Gasteiger partial charge in [0, 0.05) is 0 Å². The standard InChI is InChI=1S/C18H24O4/c1-11(2)22-18(21)14-10-9-12(3)15(16(14)17(19)20)13-7-5-4-6-8-13/h9-11,13H,4-8H2,1-3H3,(H,19,20). The minimum absolute atomic E-state index is 0.137. The van der Waals surface area contributed by atoms with E-state index in [1.54, 1.807) is 19.9 Å². The molecule has 0 heterocycles. The molecule has 22 heavy (non-hydrogen) atoms. The Morgan fingerprint density at radius 3 is 2.36 bits per heavy atom. The maximum absolute atomic E-state index is 12.2. The second-order valence-corrected chi connectivity index (χ2v) is 6.31. The van der Waals surface area contributed by atoms with Crippen molar-refractivity contribution in [1.82, 2.24) is 0 Å². The number of aromatic carboxylic acids is 1. The number of esters is 1. The predicted molar refractivity (Wildman–Crippen MR) is 84.5 cm³/mol. The predicted octanol–water partition coefficient (Wildman–Crippen LogP) is 4.31. The molecule has 4 heteroatoms. The average Bonchev–Trinajstić information content (AvgIpc) is 2.46. The highest BCUT2D eigenvalue weighted by Crippen LogP contribution is 2.37. The molecule has 1 aromatic carbocycles. The van der Waals surface area contributed by atoms with Gasteiger partial charge in [0.05, 0.1) is 17.2 Å². The molecule has 0 bridgehead atoms. The Hall–Kier alpha value is -1.84. The van der Waals surface area contributed by atoms with Crippen LogP contribution in [0.5, 0.6) is 0 Å². The SMILES string of the molecule is Cc1ccc(C(=O)OC(C)C)c(C(=O)O)c1C1CCCCC1. The van der Waals surface area contributed by atoms with Crippen molar-refractivity contribution in [3.05, 3.63) is 34.4 Å². The summed E-state index contributed by atoms with van der Waals surface area (Å²) in [4.78, 5) is 24.1. The first-order chi connectivity index (χ1) is 10.4. The Kier molecular flexibility index (Phi) is 5.22. The molecule has 1 saturated carbocycles. The first-order valence-electron chi connectivity index (χ1n) is 7.99. The number of rotatable bonds is 4. The minimum Gasteiger partial charge on any atom is -0.478 e. The summed E-state index contributed by atoms with van der Waals surface area (Å²) < 4.78 is 5.21. The summed E-state index contributed by atoms with van der Waals surface area (Å²) in [6.45, 7) is 5.44. The maximum atomic E-state index is 12.2. The van der Waals surface area contributed by atoms with E-state index in [1.165, 1.54) is 6.42 Å². The zero-order chi connectivity index (χ0) is 16.3. The highest BCUT2D eigenvalue weighted by molar-refractivity contribution is 6.04. The summed E-state index contributed by atoms with van der Waals surface area (Å²) in [7, 11) is 0. The Morgan fingerprint density at radius 2 is 1.82 bits per heavy atom. The normalized spacial score (nSPS) is 15.8. The van der Waals surface area contributed by atoms with Gasteiger partial charge in [-0.15, -0.1) is 0 Å². The van der Waals surface area contributed by atoms with Crippen molar-refractivity contribution in [3.8, 4) is 0 Å². The van der Waals surface area contributed by atoms with Crippen LogP contribution in [0.3, 0.4) is 0 Å². The van der Waals surface area contributed by atoms with Crippen LogP contribution < -0.4 is 0 Å². The molecular weight excluding hydrogens is 280 g/mol. The Bertz CT molecular complexity index is 569.